The molecule has 0 N–H and O–H groups in total. The molecule has 2 aromatic heterocycles. The van der Waals surface area contributed by atoms with Crippen LogP contribution in [0.4, 0.5) is 34.1 Å². The zero-order valence-corrected chi connectivity index (χ0v) is 37.4. The molecule has 11 aromatic carbocycles. The van der Waals surface area contributed by atoms with Gasteiger partial charge in [-0.05, 0) is 100 Å². The Morgan fingerprint density at radius 2 is 0.742 bits per heavy atom. The van der Waals surface area contributed by atoms with Crippen LogP contribution >= 0.6 is 22.7 Å². The number of fused-ring (bicyclic) bond motifs is 11. The van der Waals surface area contributed by atoms with Crippen molar-refractivity contribution in [3.8, 4) is 22.3 Å². The van der Waals surface area contributed by atoms with Crippen LogP contribution in [-0.4, -0.2) is 0 Å². The molecule has 0 saturated heterocycles. The lowest BCUT2D eigenvalue weighted by atomic mass is 9.96. The average Bonchev–Trinajstić information content (AvgIpc) is 3.96. The Bertz CT molecular complexity index is 3950. The maximum atomic E-state index is 2.47. The Balaban J connectivity index is 1.02. The summed E-state index contributed by atoms with van der Waals surface area (Å²) < 4.78 is 5.17. The fourth-order valence-corrected chi connectivity index (χ4v) is 12.4. The van der Waals surface area contributed by atoms with Gasteiger partial charge in [0.05, 0.1) is 11.4 Å². The van der Waals surface area contributed by atoms with Gasteiger partial charge in [-0.25, -0.2) is 0 Å². The Labute approximate surface area is 391 Å². The van der Waals surface area contributed by atoms with Crippen molar-refractivity contribution in [1.29, 1.82) is 0 Å². The van der Waals surface area contributed by atoms with Crippen LogP contribution in [-0.2, 0) is 0 Å². The molecule has 0 fully saturated rings. The summed E-state index contributed by atoms with van der Waals surface area (Å²) in [5.74, 6) is 0. The van der Waals surface area contributed by atoms with Gasteiger partial charge in [-0.2, -0.15) is 0 Å². The highest BCUT2D eigenvalue weighted by molar-refractivity contribution is 7.27. The summed E-state index contributed by atoms with van der Waals surface area (Å²) in [4.78, 5) is 4.88. The molecule has 0 aliphatic heterocycles. The van der Waals surface area contributed by atoms with Gasteiger partial charge in [-0.15, -0.1) is 22.7 Å². The highest BCUT2D eigenvalue weighted by atomic mass is 32.1. The highest BCUT2D eigenvalue weighted by Gasteiger charge is 2.23. The molecular formula is C62H40N2S2. The summed E-state index contributed by atoms with van der Waals surface area (Å²) >= 11 is 3.76. The van der Waals surface area contributed by atoms with Crippen LogP contribution in [0.3, 0.4) is 0 Å². The van der Waals surface area contributed by atoms with Gasteiger partial charge in [0.15, 0.2) is 0 Å². The summed E-state index contributed by atoms with van der Waals surface area (Å²) in [6, 6.07) is 88.8. The van der Waals surface area contributed by atoms with E-state index in [0.717, 1.165) is 34.1 Å². The summed E-state index contributed by atoms with van der Waals surface area (Å²) in [5.41, 5.74) is 11.5. The minimum absolute atomic E-state index is 1.12. The maximum absolute atomic E-state index is 2.47. The lowest BCUT2D eigenvalue weighted by molar-refractivity contribution is 1.29. The van der Waals surface area contributed by atoms with Crippen molar-refractivity contribution in [3.63, 3.8) is 0 Å². The standard InChI is InChI=1S/C62H40N2S2/c1-4-18-41(19-5-1)47-24-12-15-29-56(47)63(43-22-8-3-9-23-43)46-33-36-53-60(40-46)66-62-52-35-32-44(38-54(52)49-26-10-11-28-51(49)61(53)62)64(57-30-16-13-25-48(57)42-20-6-2-7-21-42)45-34-37-59-55(39-45)50-27-14-17-31-58(50)65-59/h1-40H. The molecule has 13 aromatic rings. The molecule has 0 bridgehead atoms. The zero-order valence-electron chi connectivity index (χ0n) is 35.8. The van der Waals surface area contributed by atoms with E-state index in [1.807, 2.05) is 22.7 Å². The van der Waals surface area contributed by atoms with Crippen molar-refractivity contribution in [2.45, 2.75) is 0 Å². The number of benzene rings is 11. The molecule has 2 heterocycles. The fourth-order valence-electron chi connectivity index (χ4n) is 10.1. The Hall–Kier alpha value is -8.02. The smallest absolute Gasteiger partial charge is 0.0540 e. The van der Waals surface area contributed by atoms with Crippen molar-refractivity contribution < 1.29 is 0 Å². The van der Waals surface area contributed by atoms with Gasteiger partial charge in [-0.3, -0.25) is 0 Å². The van der Waals surface area contributed by atoms with Gasteiger partial charge in [0, 0.05) is 79.6 Å². The van der Waals surface area contributed by atoms with E-state index >= 15 is 0 Å². The van der Waals surface area contributed by atoms with E-state index < -0.39 is 0 Å². The van der Waals surface area contributed by atoms with Crippen LogP contribution in [0, 0.1) is 0 Å². The first-order valence-electron chi connectivity index (χ1n) is 22.4. The number of rotatable bonds is 8. The number of anilines is 6. The topological polar surface area (TPSA) is 6.48 Å². The predicted octanol–water partition coefficient (Wildman–Crippen LogP) is 19.0. The first-order chi connectivity index (χ1) is 32.7. The zero-order chi connectivity index (χ0) is 43.6. The van der Waals surface area contributed by atoms with Gasteiger partial charge in [0.1, 0.15) is 0 Å². The molecule has 2 nitrogen and oxygen atoms in total. The molecule has 0 atom stereocenters. The minimum Gasteiger partial charge on any atom is -0.310 e. The van der Waals surface area contributed by atoms with E-state index in [9.17, 15) is 0 Å². The average molecular weight is 877 g/mol. The molecule has 0 saturated carbocycles. The number of hydrogen-bond donors (Lipinski definition) is 0. The predicted molar refractivity (Wildman–Crippen MR) is 287 cm³/mol. The van der Waals surface area contributed by atoms with E-state index in [0.29, 0.717) is 0 Å². The highest BCUT2D eigenvalue weighted by Crippen LogP contribution is 2.50. The number of para-hydroxylation sites is 3. The van der Waals surface area contributed by atoms with Crippen LogP contribution < -0.4 is 9.80 Å². The van der Waals surface area contributed by atoms with E-state index in [4.69, 9.17) is 0 Å². The first kappa shape index (κ1) is 38.4. The van der Waals surface area contributed by atoms with Crippen LogP contribution in [0.5, 0.6) is 0 Å². The van der Waals surface area contributed by atoms with Crippen molar-refractivity contribution in [2.24, 2.45) is 0 Å². The van der Waals surface area contributed by atoms with Gasteiger partial charge in [0.2, 0.25) is 0 Å². The normalized spacial score (nSPS) is 11.6. The van der Waals surface area contributed by atoms with E-state index in [-0.39, 0.29) is 0 Å². The van der Waals surface area contributed by atoms with Crippen LogP contribution in [0.25, 0.3) is 84.1 Å². The quantitative estimate of drug-likeness (QED) is 0.140. The summed E-state index contributed by atoms with van der Waals surface area (Å²) in [5, 5.41) is 10.2. The molecule has 310 valence electrons. The second-order valence-electron chi connectivity index (χ2n) is 16.8. The van der Waals surface area contributed by atoms with Crippen molar-refractivity contribution in [2.75, 3.05) is 9.80 Å². The van der Waals surface area contributed by atoms with Crippen LogP contribution in [0.15, 0.2) is 243 Å². The molecule has 13 rings (SSSR count). The van der Waals surface area contributed by atoms with Gasteiger partial charge in [0.25, 0.3) is 0 Å². The van der Waals surface area contributed by atoms with Crippen LogP contribution in [0.2, 0.25) is 0 Å². The molecule has 0 aliphatic carbocycles. The molecule has 0 amide bonds. The van der Waals surface area contributed by atoms with Crippen molar-refractivity contribution >= 4 is 119 Å². The molecule has 66 heavy (non-hydrogen) atoms. The molecule has 0 unspecified atom stereocenters. The minimum atomic E-state index is 1.12. The summed E-state index contributed by atoms with van der Waals surface area (Å²) in [6.45, 7) is 0. The van der Waals surface area contributed by atoms with E-state index in [2.05, 4.69) is 252 Å². The molecule has 0 aliphatic rings. The summed E-state index contributed by atoms with van der Waals surface area (Å²) in [6.07, 6.45) is 0. The maximum Gasteiger partial charge on any atom is 0.0540 e. The third-order valence-corrected chi connectivity index (χ3v) is 15.4. The fraction of sp³-hybridized carbons (Fsp3) is 0. The number of hydrogen-bond acceptors (Lipinski definition) is 4. The van der Waals surface area contributed by atoms with Crippen LogP contribution in [0.1, 0.15) is 0 Å². The molecule has 4 heteroatoms. The Morgan fingerprint density at radius 1 is 0.258 bits per heavy atom. The third-order valence-electron chi connectivity index (χ3n) is 13.0. The monoisotopic (exact) mass is 876 g/mol. The number of nitrogens with zero attached hydrogens (tertiary/aromatic N) is 2. The van der Waals surface area contributed by atoms with Gasteiger partial charge >= 0.3 is 0 Å². The Kier molecular flexibility index (Phi) is 9.26. The van der Waals surface area contributed by atoms with Gasteiger partial charge in [-0.1, -0.05) is 170 Å². The molecule has 0 radical (unpaired) electrons. The summed E-state index contributed by atoms with van der Waals surface area (Å²) in [7, 11) is 0. The second-order valence-corrected chi connectivity index (χ2v) is 18.9. The molecule has 0 spiro atoms. The van der Waals surface area contributed by atoms with E-state index in [1.165, 1.54) is 84.1 Å². The number of thiophene rings is 2. The van der Waals surface area contributed by atoms with Crippen molar-refractivity contribution in [1.82, 2.24) is 0 Å². The Morgan fingerprint density at radius 3 is 1.42 bits per heavy atom. The van der Waals surface area contributed by atoms with Crippen molar-refractivity contribution in [3.05, 3.63) is 243 Å². The third kappa shape index (κ3) is 6.37. The first-order valence-corrected chi connectivity index (χ1v) is 24.0. The lowest BCUT2D eigenvalue weighted by Gasteiger charge is -2.28. The largest absolute Gasteiger partial charge is 0.310 e. The van der Waals surface area contributed by atoms with Gasteiger partial charge < -0.3 is 9.80 Å². The SMILES string of the molecule is c1ccc(-c2ccccc2N(c2ccccc2)c2ccc3c(c2)sc2c4ccc(N(c5ccc6sc7ccccc7c6c5)c5ccccc5-c5ccccc5)cc4c4ccccc4c32)cc1. The molecular weight excluding hydrogens is 837 g/mol. The second kappa shape index (κ2) is 15.9. The lowest BCUT2D eigenvalue weighted by Crippen LogP contribution is -2.11. The van der Waals surface area contributed by atoms with E-state index in [1.54, 1.807) is 0 Å².